The lowest BCUT2D eigenvalue weighted by Gasteiger charge is -2.33. The lowest BCUT2D eigenvalue weighted by atomic mass is 9.84. The van der Waals surface area contributed by atoms with Gasteiger partial charge in [0.05, 0.1) is 7.11 Å². The van der Waals surface area contributed by atoms with E-state index in [1.165, 1.54) is 19.6 Å². The van der Waals surface area contributed by atoms with Gasteiger partial charge in [-0.1, -0.05) is 33.1 Å². The third kappa shape index (κ3) is 6.61. The standard InChI is InChI=1S/C25H40F3NO2/c1-6-8-9-10-13-24(30,25(26,27)28)22-14-18(3)19(16-23(22)31-5)11-12-20-15-21(20)17-29(4)7-2/h14,16,20-21,30H,6-13,15,17H2,1-5H3. The number of hydrogen-bond donors (Lipinski definition) is 1. The molecule has 3 unspecified atom stereocenters. The van der Waals surface area contributed by atoms with Crippen LogP contribution in [0.2, 0.25) is 0 Å². The van der Waals surface area contributed by atoms with E-state index < -0.39 is 11.8 Å². The number of rotatable bonds is 13. The molecule has 1 aromatic carbocycles. The smallest absolute Gasteiger partial charge is 0.421 e. The lowest BCUT2D eigenvalue weighted by Crippen LogP contribution is -2.42. The summed E-state index contributed by atoms with van der Waals surface area (Å²) in [5.41, 5.74) is -1.25. The number of benzene rings is 1. The van der Waals surface area contributed by atoms with Crippen molar-refractivity contribution in [2.45, 2.75) is 83.9 Å². The van der Waals surface area contributed by atoms with Crippen molar-refractivity contribution in [3.8, 4) is 5.75 Å². The molecule has 3 atom stereocenters. The first-order valence-electron chi connectivity index (χ1n) is 11.7. The molecule has 1 aliphatic rings. The van der Waals surface area contributed by atoms with Crippen LogP contribution in [0.1, 0.15) is 75.5 Å². The Hall–Kier alpha value is -1.27. The summed E-state index contributed by atoms with van der Waals surface area (Å²) in [6.45, 7) is 8.15. The first-order chi connectivity index (χ1) is 14.6. The number of ether oxygens (including phenoxy) is 1. The van der Waals surface area contributed by atoms with Crippen LogP contribution in [0.25, 0.3) is 0 Å². The molecule has 0 aliphatic heterocycles. The highest BCUT2D eigenvalue weighted by molar-refractivity contribution is 5.46. The van der Waals surface area contributed by atoms with Crippen LogP contribution in [0.3, 0.4) is 0 Å². The molecule has 31 heavy (non-hydrogen) atoms. The molecule has 1 saturated carbocycles. The van der Waals surface area contributed by atoms with Crippen molar-refractivity contribution in [2.75, 3.05) is 27.2 Å². The molecule has 3 nitrogen and oxygen atoms in total. The summed E-state index contributed by atoms with van der Waals surface area (Å²) in [4.78, 5) is 2.33. The molecule has 0 heterocycles. The molecule has 0 amide bonds. The quantitative estimate of drug-likeness (QED) is 0.366. The molecule has 0 aromatic heterocycles. The average Bonchev–Trinajstić information content (AvgIpc) is 3.46. The van der Waals surface area contributed by atoms with Crippen molar-refractivity contribution in [3.63, 3.8) is 0 Å². The van der Waals surface area contributed by atoms with Crippen LogP contribution in [0.15, 0.2) is 12.1 Å². The summed E-state index contributed by atoms with van der Waals surface area (Å²) in [6, 6.07) is 3.21. The minimum Gasteiger partial charge on any atom is -0.496 e. The average molecular weight is 444 g/mol. The maximum absolute atomic E-state index is 14.0. The van der Waals surface area contributed by atoms with Crippen molar-refractivity contribution in [3.05, 3.63) is 28.8 Å². The number of hydrogen-bond acceptors (Lipinski definition) is 3. The maximum Gasteiger partial charge on any atom is 0.421 e. The van der Waals surface area contributed by atoms with Crippen LogP contribution in [0.4, 0.5) is 13.2 Å². The zero-order valence-electron chi connectivity index (χ0n) is 19.8. The van der Waals surface area contributed by atoms with E-state index >= 15 is 0 Å². The number of aliphatic hydroxyl groups is 1. The molecule has 0 bridgehead atoms. The number of unbranched alkanes of at least 4 members (excludes halogenated alkanes) is 3. The number of methoxy groups -OCH3 is 1. The normalized spacial score (nSPS) is 20.7. The van der Waals surface area contributed by atoms with Crippen LogP contribution < -0.4 is 4.74 Å². The van der Waals surface area contributed by atoms with Gasteiger partial charge in [0, 0.05) is 12.1 Å². The molecule has 178 valence electrons. The van der Waals surface area contributed by atoms with Crippen LogP contribution >= 0.6 is 0 Å². The zero-order chi connectivity index (χ0) is 23.2. The third-order valence-electron chi connectivity index (χ3n) is 6.90. The monoisotopic (exact) mass is 443 g/mol. The number of alkyl halides is 3. The predicted octanol–water partition coefficient (Wildman–Crippen LogP) is 6.24. The van der Waals surface area contributed by atoms with E-state index in [4.69, 9.17) is 4.74 Å². The largest absolute Gasteiger partial charge is 0.496 e. The summed E-state index contributed by atoms with van der Waals surface area (Å²) in [6.07, 6.45) is 0.759. The van der Waals surface area contributed by atoms with Crippen molar-refractivity contribution in [2.24, 2.45) is 11.8 Å². The van der Waals surface area contributed by atoms with E-state index in [-0.39, 0.29) is 17.7 Å². The molecule has 0 spiro atoms. The van der Waals surface area contributed by atoms with Gasteiger partial charge < -0.3 is 14.7 Å². The Balaban J connectivity index is 2.16. The van der Waals surface area contributed by atoms with Gasteiger partial charge in [-0.3, -0.25) is 0 Å². The van der Waals surface area contributed by atoms with Gasteiger partial charge in [-0.05, 0) is 87.7 Å². The molecule has 0 radical (unpaired) electrons. The van der Waals surface area contributed by atoms with Crippen molar-refractivity contribution in [1.29, 1.82) is 0 Å². The molecule has 6 heteroatoms. The third-order valence-corrected chi connectivity index (χ3v) is 6.90. The van der Waals surface area contributed by atoms with Crippen LogP contribution in [0.5, 0.6) is 5.75 Å². The zero-order valence-corrected chi connectivity index (χ0v) is 19.8. The SMILES string of the molecule is CCCCCCC(O)(c1cc(C)c(CCC2CC2CN(C)CC)cc1OC)C(F)(F)F. The van der Waals surface area contributed by atoms with Crippen molar-refractivity contribution >= 4 is 0 Å². The summed E-state index contributed by atoms with van der Waals surface area (Å²) in [5, 5.41) is 10.8. The van der Waals surface area contributed by atoms with Crippen molar-refractivity contribution in [1.82, 2.24) is 4.90 Å². The maximum atomic E-state index is 14.0. The summed E-state index contributed by atoms with van der Waals surface area (Å²) >= 11 is 0. The van der Waals surface area contributed by atoms with E-state index in [1.807, 2.05) is 13.8 Å². The fraction of sp³-hybridized carbons (Fsp3) is 0.760. The lowest BCUT2D eigenvalue weighted by molar-refractivity contribution is -0.270. The topological polar surface area (TPSA) is 32.7 Å². The van der Waals surface area contributed by atoms with Gasteiger partial charge in [0.2, 0.25) is 0 Å². The Morgan fingerprint density at radius 1 is 1.13 bits per heavy atom. The molecular formula is C25H40F3NO2. The molecule has 2 rings (SSSR count). The fourth-order valence-electron chi connectivity index (χ4n) is 4.49. The predicted molar refractivity (Wildman–Crippen MR) is 120 cm³/mol. The van der Waals surface area contributed by atoms with Crippen molar-refractivity contribution < 1.29 is 23.0 Å². The molecule has 1 fully saturated rings. The number of halogens is 3. The Morgan fingerprint density at radius 3 is 2.42 bits per heavy atom. The van der Waals surface area contributed by atoms with Gasteiger partial charge in [-0.2, -0.15) is 13.2 Å². The van der Waals surface area contributed by atoms with E-state index in [2.05, 4.69) is 18.9 Å². The Kier molecular flexibility index (Phi) is 9.26. The molecule has 1 N–H and O–H groups in total. The minimum absolute atomic E-state index is 0.133. The number of nitrogens with zero attached hydrogens (tertiary/aromatic N) is 1. The Morgan fingerprint density at radius 2 is 1.84 bits per heavy atom. The fourth-order valence-corrected chi connectivity index (χ4v) is 4.49. The van der Waals surface area contributed by atoms with E-state index in [1.54, 1.807) is 6.07 Å². The first-order valence-corrected chi connectivity index (χ1v) is 11.7. The van der Waals surface area contributed by atoms with Crippen LogP contribution in [0, 0.1) is 18.8 Å². The summed E-state index contributed by atoms with van der Waals surface area (Å²) in [7, 11) is 3.51. The highest BCUT2D eigenvalue weighted by Gasteiger charge is 2.55. The van der Waals surface area contributed by atoms with Gasteiger partial charge in [0.25, 0.3) is 0 Å². The second-order valence-electron chi connectivity index (χ2n) is 9.30. The van der Waals surface area contributed by atoms with Gasteiger partial charge in [0.1, 0.15) is 5.75 Å². The summed E-state index contributed by atoms with van der Waals surface area (Å²) < 4.78 is 47.3. The van der Waals surface area contributed by atoms with Crippen LogP contribution in [-0.4, -0.2) is 43.4 Å². The van der Waals surface area contributed by atoms with Gasteiger partial charge in [0.15, 0.2) is 5.60 Å². The van der Waals surface area contributed by atoms with Gasteiger partial charge in [-0.15, -0.1) is 0 Å². The van der Waals surface area contributed by atoms with E-state index in [0.717, 1.165) is 55.8 Å². The molecular weight excluding hydrogens is 403 g/mol. The second-order valence-corrected chi connectivity index (χ2v) is 9.30. The van der Waals surface area contributed by atoms with Crippen LogP contribution in [-0.2, 0) is 12.0 Å². The second kappa shape index (κ2) is 11.0. The molecule has 1 aromatic rings. The minimum atomic E-state index is -4.76. The molecule has 0 saturated heterocycles. The van der Waals surface area contributed by atoms with Gasteiger partial charge in [-0.25, -0.2) is 0 Å². The highest BCUT2D eigenvalue weighted by Crippen LogP contribution is 2.47. The Bertz CT molecular complexity index is 707. The van der Waals surface area contributed by atoms with E-state index in [9.17, 15) is 18.3 Å². The highest BCUT2D eigenvalue weighted by atomic mass is 19.4. The van der Waals surface area contributed by atoms with E-state index in [0.29, 0.717) is 18.8 Å². The Labute approximate surface area is 186 Å². The molecule has 1 aliphatic carbocycles. The first kappa shape index (κ1) is 26.0. The number of aryl methyl sites for hydroxylation is 2. The van der Waals surface area contributed by atoms with Gasteiger partial charge >= 0.3 is 6.18 Å². The summed E-state index contributed by atoms with van der Waals surface area (Å²) in [5.74, 6) is 1.54.